The lowest BCUT2D eigenvalue weighted by Crippen LogP contribution is -2.27. The third-order valence-corrected chi connectivity index (χ3v) is 3.50. The first-order valence-electron chi connectivity index (χ1n) is 5.05. The van der Waals surface area contributed by atoms with Crippen LogP contribution in [0, 0.1) is 0 Å². The summed E-state index contributed by atoms with van der Waals surface area (Å²) < 4.78 is 1.44. The highest BCUT2D eigenvalue weighted by Gasteiger charge is 2.38. The maximum Gasteiger partial charge on any atom is 0.313 e. The second kappa shape index (κ2) is 4.77. The van der Waals surface area contributed by atoms with Crippen LogP contribution in [0.2, 0.25) is 0 Å². The van der Waals surface area contributed by atoms with E-state index in [-0.39, 0.29) is 24.0 Å². The van der Waals surface area contributed by atoms with E-state index < -0.39 is 12.0 Å². The molecule has 0 spiro atoms. The lowest BCUT2D eigenvalue weighted by Gasteiger charge is -2.11. The fourth-order valence-electron chi connectivity index (χ4n) is 1.63. The number of likely N-dealkylation sites (tertiary alicyclic amines) is 1. The summed E-state index contributed by atoms with van der Waals surface area (Å²) in [4.78, 5) is 34.8. The SMILES string of the molecule is CN1C(=O)CC(n2cnnc2SCC(=O)O)C1=O. The van der Waals surface area contributed by atoms with Crippen molar-refractivity contribution < 1.29 is 19.5 Å². The minimum absolute atomic E-state index is 0.0496. The molecule has 8 nitrogen and oxygen atoms in total. The molecule has 0 aromatic carbocycles. The van der Waals surface area contributed by atoms with E-state index in [1.54, 1.807) is 0 Å². The van der Waals surface area contributed by atoms with Crippen LogP contribution in [0.15, 0.2) is 11.5 Å². The highest BCUT2D eigenvalue weighted by atomic mass is 32.2. The van der Waals surface area contributed by atoms with Crippen LogP contribution < -0.4 is 0 Å². The summed E-state index contributed by atoms with van der Waals surface area (Å²) in [6, 6.07) is -0.672. The largest absolute Gasteiger partial charge is 0.481 e. The third kappa shape index (κ3) is 2.21. The average Bonchev–Trinajstić information content (AvgIpc) is 2.87. The van der Waals surface area contributed by atoms with E-state index >= 15 is 0 Å². The van der Waals surface area contributed by atoms with Gasteiger partial charge in [0.1, 0.15) is 12.4 Å². The van der Waals surface area contributed by atoms with Gasteiger partial charge < -0.3 is 5.11 Å². The minimum Gasteiger partial charge on any atom is -0.481 e. The predicted octanol–water partition coefficient (Wildman–Crippen LogP) is -0.615. The molecule has 1 fully saturated rings. The number of carboxylic acids is 1. The van der Waals surface area contributed by atoms with Gasteiger partial charge in [-0.2, -0.15) is 0 Å². The van der Waals surface area contributed by atoms with Gasteiger partial charge in [0.25, 0.3) is 5.91 Å². The highest BCUT2D eigenvalue weighted by molar-refractivity contribution is 7.99. The molecule has 1 aromatic rings. The van der Waals surface area contributed by atoms with Gasteiger partial charge in [-0.05, 0) is 0 Å². The van der Waals surface area contributed by atoms with Crippen LogP contribution in [0.25, 0.3) is 0 Å². The number of amides is 2. The van der Waals surface area contributed by atoms with E-state index in [1.807, 2.05) is 0 Å². The summed E-state index contributed by atoms with van der Waals surface area (Å²) in [7, 11) is 1.42. The number of carbonyl (C=O) groups excluding carboxylic acids is 2. The lowest BCUT2D eigenvalue weighted by atomic mass is 10.2. The first-order chi connectivity index (χ1) is 8.50. The van der Waals surface area contributed by atoms with E-state index in [4.69, 9.17) is 5.11 Å². The lowest BCUT2D eigenvalue weighted by molar-refractivity contribution is -0.137. The fraction of sp³-hybridized carbons (Fsp3) is 0.444. The zero-order valence-corrected chi connectivity index (χ0v) is 10.3. The summed E-state index contributed by atoms with van der Waals surface area (Å²) in [5.74, 6) is -1.77. The van der Waals surface area contributed by atoms with Crippen LogP contribution in [-0.4, -0.2) is 55.4 Å². The number of rotatable bonds is 4. The number of carboxylic acid groups (broad SMARTS) is 1. The molecule has 0 radical (unpaired) electrons. The molecule has 1 aliphatic heterocycles. The topological polar surface area (TPSA) is 105 Å². The Kier molecular flexibility index (Phi) is 3.32. The Labute approximate surface area is 106 Å². The van der Waals surface area contributed by atoms with Crippen molar-refractivity contribution in [1.29, 1.82) is 0 Å². The number of hydrogen-bond donors (Lipinski definition) is 1. The number of hydrogen-bond acceptors (Lipinski definition) is 6. The Morgan fingerprint density at radius 3 is 2.89 bits per heavy atom. The molecule has 1 atom stereocenters. The van der Waals surface area contributed by atoms with Gasteiger partial charge in [0.2, 0.25) is 5.91 Å². The van der Waals surface area contributed by atoms with Crippen molar-refractivity contribution in [3.8, 4) is 0 Å². The molecule has 2 rings (SSSR count). The van der Waals surface area contributed by atoms with E-state index in [0.29, 0.717) is 5.16 Å². The summed E-state index contributed by atoms with van der Waals surface area (Å²) in [5.41, 5.74) is 0. The summed E-state index contributed by atoms with van der Waals surface area (Å²) in [6.45, 7) is 0. The highest BCUT2D eigenvalue weighted by Crippen LogP contribution is 2.27. The van der Waals surface area contributed by atoms with Gasteiger partial charge in [0.05, 0.1) is 12.2 Å². The first-order valence-corrected chi connectivity index (χ1v) is 6.03. The molecule has 18 heavy (non-hydrogen) atoms. The second-order valence-corrected chi connectivity index (χ2v) is 4.66. The van der Waals surface area contributed by atoms with Crippen LogP contribution in [0.5, 0.6) is 0 Å². The molecule has 9 heteroatoms. The standard InChI is InChI=1S/C9H10N4O4S/c1-12-6(14)2-5(8(12)17)13-4-10-11-9(13)18-3-7(15)16/h4-5H,2-3H2,1H3,(H,15,16). The molecule has 1 aliphatic rings. The van der Waals surface area contributed by atoms with Gasteiger partial charge in [-0.3, -0.25) is 23.9 Å². The van der Waals surface area contributed by atoms with Gasteiger partial charge in [-0.25, -0.2) is 0 Å². The molecule has 1 unspecified atom stereocenters. The van der Waals surface area contributed by atoms with Gasteiger partial charge >= 0.3 is 5.97 Å². The summed E-state index contributed by atoms with van der Waals surface area (Å²) in [6.07, 6.45) is 1.38. The molecular formula is C9H10N4O4S. The smallest absolute Gasteiger partial charge is 0.313 e. The van der Waals surface area contributed by atoms with E-state index in [2.05, 4.69) is 10.2 Å². The van der Waals surface area contributed by atoms with Crippen LogP contribution in [0.3, 0.4) is 0 Å². The maximum absolute atomic E-state index is 11.8. The quantitative estimate of drug-likeness (QED) is 0.574. The van der Waals surface area contributed by atoms with Gasteiger partial charge in [-0.15, -0.1) is 10.2 Å². The number of likely N-dealkylation sites (N-methyl/N-ethyl adjacent to an activating group) is 1. The number of thioether (sulfide) groups is 1. The fourth-order valence-corrected chi connectivity index (χ4v) is 2.31. The molecule has 2 heterocycles. The van der Waals surface area contributed by atoms with Crippen molar-refractivity contribution in [2.75, 3.05) is 12.8 Å². The third-order valence-electron chi connectivity index (χ3n) is 2.56. The predicted molar refractivity (Wildman–Crippen MR) is 59.8 cm³/mol. The maximum atomic E-state index is 11.8. The Balaban J connectivity index is 2.19. The number of nitrogens with zero attached hydrogens (tertiary/aromatic N) is 4. The second-order valence-electron chi connectivity index (χ2n) is 3.71. The molecule has 2 amide bonds. The van der Waals surface area contributed by atoms with Crippen LogP contribution in [0.1, 0.15) is 12.5 Å². The molecule has 1 aromatic heterocycles. The summed E-state index contributed by atoms with van der Waals surface area (Å²) in [5, 5.41) is 16.3. The number of aliphatic carboxylic acids is 1. The van der Waals surface area contributed by atoms with Crippen molar-refractivity contribution in [3.05, 3.63) is 6.33 Å². The van der Waals surface area contributed by atoms with Gasteiger partial charge in [0, 0.05) is 7.05 Å². The molecule has 0 bridgehead atoms. The average molecular weight is 270 g/mol. The summed E-state index contributed by atoms with van der Waals surface area (Å²) >= 11 is 0.961. The van der Waals surface area contributed by atoms with E-state index in [1.165, 1.54) is 17.9 Å². The molecular weight excluding hydrogens is 260 g/mol. The molecule has 96 valence electrons. The molecule has 0 saturated carbocycles. The van der Waals surface area contributed by atoms with Gasteiger partial charge in [0.15, 0.2) is 5.16 Å². The normalized spacial score (nSPS) is 19.6. The molecule has 0 aliphatic carbocycles. The van der Waals surface area contributed by atoms with Gasteiger partial charge in [-0.1, -0.05) is 11.8 Å². The van der Waals surface area contributed by atoms with Crippen LogP contribution in [-0.2, 0) is 14.4 Å². The minimum atomic E-state index is -0.986. The van der Waals surface area contributed by atoms with Crippen LogP contribution >= 0.6 is 11.8 Å². The van der Waals surface area contributed by atoms with Crippen molar-refractivity contribution in [2.24, 2.45) is 0 Å². The molecule has 1 N–H and O–H groups in total. The first kappa shape index (κ1) is 12.6. The zero-order chi connectivity index (χ0) is 13.3. The monoisotopic (exact) mass is 270 g/mol. The number of carbonyl (C=O) groups is 3. The number of aromatic nitrogens is 3. The van der Waals surface area contributed by atoms with Crippen molar-refractivity contribution >= 4 is 29.5 Å². The van der Waals surface area contributed by atoms with E-state index in [9.17, 15) is 14.4 Å². The van der Waals surface area contributed by atoms with E-state index in [0.717, 1.165) is 16.7 Å². The van der Waals surface area contributed by atoms with Crippen molar-refractivity contribution in [2.45, 2.75) is 17.6 Å². The van der Waals surface area contributed by atoms with Crippen molar-refractivity contribution in [1.82, 2.24) is 19.7 Å². The Hall–Kier alpha value is -1.90. The Bertz CT molecular complexity index is 514. The molecule has 1 saturated heterocycles. The zero-order valence-electron chi connectivity index (χ0n) is 9.44. The van der Waals surface area contributed by atoms with Crippen molar-refractivity contribution in [3.63, 3.8) is 0 Å². The van der Waals surface area contributed by atoms with Crippen LogP contribution in [0.4, 0.5) is 0 Å². The Morgan fingerprint density at radius 2 is 2.33 bits per heavy atom. The Morgan fingerprint density at radius 1 is 1.61 bits per heavy atom. The number of imide groups is 1.